The van der Waals surface area contributed by atoms with Gasteiger partial charge >= 0.3 is 5.97 Å². The molecule has 0 aliphatic carbocycles. The molecule has 1 aromatic rings. The second-order valence-corrected chi connectivity index (χ2v) is 7.81. The van der Waals surface area contributed by atoms with Gasteiger partial charge < -0.3 is 5.11 Å². The van der Waals surface area contributed by atoms with E-state index < -0.39 is 16.0 Å². The fraction of sp³-hybridized carbons (Fsp3) is 0.545. The van der Waals surface area contributed by atoms with Crippen molar-refractivity contribution in [3.8, 4) is 0 Å². The summed E-state index contributed by atoms with van der Waals surface area (Å²) in [5.74, 6) is -0.437. The number of sulfonamides is 1. The highest BCUT2D eigenvalue weighted by Crippen LogP contribution is 2.30. The maximum absolute atomic E-state index is 12.3. The third-order valence-corrected chi connectivity index (χ3v) is 6.62. The minimum atomic E-state index is -3.53. The van der Waals surface area contributed by atoms with Crippen LogP contribution in [0.1, 0.15) is 24.2 Å². The van der Waals surface area contributed by atoms with Gasteiger partial charge in [-0.25, -0.2) is 13.2 Å². The van der Waals surface area contributed by atoms with Gasteiger partial charge in [0.25, 0.3) is 10.0 Å². The number of carboxylic acids is 1. The highest BCUT2D eigenvalue weighted by Gasteiger charge is 2.35. The van der Waals surface area contributed by atoms with Crippen LogP contribution in [-0.2, 0) is 10.0 Å². The molecule has 1 saturated heterocycles. The van der Waals surface area contributed by atoms with E-state index in [1.54, 1.807) is 0 Å². The molecule has 1 N–H and O–H groups in total. The fourth-order valence-electron chi connectivity index (χ4n) is 1.96. The Bertz CT molecular complexity index is 553. The minimum Gasteiger partial charge on any atom is -0.478 e. The molecule has 18 heavy (non-hydrogen) atoms. The van der Waals surface area contributed by atoms with Crippen LogP contribution in [0.3, 0.4) is 0 Å². The lowest BCUT2D eigenvalue weighted by Gasteiger charge is -2.14. The van der Waals surface area contributed by atoms with Crippen LogP contribution in [0.4, 0.5) is 0 Å². The maximum Gasteiger partial charge on any atom is 0.336 e. The summed E-state index contributed by atoms with van der Waals surface area (Å²) in [6.45, 7) is 5.06. The fourth-order valence-corrected chi connectivity index (χ4v) is 4.91. The molecule has 2 atom stereocenters. The van der Waals surface area contributed by atoms with Crippen LogP contribution in [0.15, 0.2) is 15.7 Å². The SMILES string of the molecule is CC1CN(S(=O)(=O)c2cc(C(=O)O)cs2)CC1C. The van der Waals surface area contributed by atoms with E-state index in [1.165, 1.54) is 15.8 Å². The van der Waals surface area contributed by atoms with Crippen molar-refractivity contribution >= 4 is 27.3 Å². The third kappa shape index (κ3) is 2.30. The summed E-state index contributed by atoms with van der Waals surface area (Å²) in [5.41, 5.74) is 0.0267. The molecule has 2 unspecified atom stereocenters. The van der Waals surface area contributed by atoms with Gasteiger partial charge in [-0.15, -0.1) is 11.3 Å². The first-order valence-electron chi connectivity index (χ1n) is 5.64. The number of nitrogens with zero attached hydrogens (tertiary/aromatic N) is 1. The normalized spacial score (nSPS) is 25.4. The second kappa shape index (κ2) is 4.64. The van der Waals surface area contributed by atoms with Crippen LogP contribution < -0.4 is 0 Å². The molecule has 2 rings (SSSR count). The molecule has 1 aliphatic heterocycles. The van der Waals surface area contributed by atoms with Gasteiger partial charge in [0.1, 0.15) is 4.21 Å². The van der Waals surface area contributed by atoms with Crippen LogP contribution >= 0.6 is 11.3 Å². The van der Waals surface area contributed by atoms with Gasteiger partial charge in [-0.2, -0.15) is 4.31 Å². The first-order valence-corrected chi connectivity index (χ1v) is 7.96. The highest BCUT2D eigenvalue weighted by atomic mass is 32.2. The number of rotatable bonds is 3. The maximum atomic E-state index is 12.3. The van der Waals surface area contributed by atoms with E-state index in [0.717, 1.165) is 11.3 Å². The van der Waals surface area contributed by atoms with Crippen LogP contribution in [0.25, 0.3) is 0 Å². The van der Waals surface area contributed by atoms with E-state index in [1.807, 2.05) is 13.8 Å². The molecule has 1 aliphatic rings. The smallest absolute Gasteiger partial charge is 0.336 e. The Morgan fingerprint density at radius 3 is 2.39 bits per heavy atom. The highest BCUT2D eigenvalue weighted by molar-refractivity contribution is 7.91. The Morgan fingerprint density at radius 2 is 1.94 bits per heavy atom. The average molecular weight is 289 g/mol. The van der Waals surface area contributed by atoms with Gasteiger partial charge in [0.2, 0.25) is 0 Å². The molecule has 0 saturated carbocycles. The first kappa shape index (κ1) is 13.5. The van der Waals surface area contributed by atoms with E-state index in [9.17, 15) is 13.2 Å². The lowest BCUT2D eigenvalue weighted by Crippen LogP contribution is -2.28. The summed E-state index contributed by atoms with van der Waals surface area (Å²) in [6.07, 6.45) is 0. The van der Waals surface area contributed by atoms with Gasteiger partial charge in [-0.05, 0) is 17.9 Å². The van der Waals surface area contributed by atoms with Gasteiger partial charge in [-0.3, -0.25) is 0 Å². The molecule has 0 amide bonds. The largest absolute Gasteiger partial charge is 0.478 e. The molecule has 0 bridgehead atoms. The van der Waals surface area contributed by atoms with E-state index in [4.69, 9.17) is 5.11 Å². The van der Waals surface area contributed by atoms with Crippen molar-refractivity contribution in [3.05, 3.63) is 17.0 Å². The van der Waals surface area contributed by atoms with Gasteiger partial charge in [0.05, 0.1) is 5.56 Å². The third-order valence-electron chi connectivity index (χ3n) is 3.37. The zero-order valence-corrected chi connectivity index (χ0v) is 11.8. The molecule has 1 aromatic heterocycles. The standard InChI is InChI=1S/C11H15NO4S2/c1-7-4-12(5-8(7)2)18(15,16)10-3-9(6-17-10)11(13)14/h3,6-8H,4-5H2,1-2H3,(H,13,14). The predicted octanol–water partition coefficient (Wildman–Crippen LogP) is 1.72. The van der Waals surface area contributed by atoms with Gasteiger partial charge in [-0.1, -0.05) is 13.8 Å². The summed E-state index contributed by atoms with van der Waals surface area (Å²) in [7, 11) is -3.53. The number of hydrogen-bond acceptors (Lipinski definition) is 4. The summed E-state index contributed by atoms with van der Waals surface area (Å²) in [6, 6.07) is 1.23. The lowest BCUT2D eigenvalue weighted by atomic mass is 10.0. The van der Waals surface area contributed by atoms with E-state index >= 15 is 0 Å². The Labute approximate surface area is 110 Å². The molecule has 0 aromatic carbocycles. The zero-order valence-electron chi connectivity index (χ0n) is 10.2. The predicted molar refractivity (Wildman–Crippen MR) is 68.4 cm³/mol. The van der Waals surface area contributed by atoms with Crippen molar-refractivity contribution in [2.45, 2.75) is 18.1 Å². The van der Waals surface area contributed by atoms with Crippen molar-refractivity contribution in [2.24, 2.45) is 11.8 Å². The molecule has 1 fully saturated rings. The van der Waals surface area contributed by atoms with Crippen molar-refractivity contribution in [3.63, 3.8) is 0 Å². The molecule has 100 valence electrons. The summed E-state index contributed by atoms with van der Waals surface area (Å²) in [5, 5.41) is 10.2. The number of aromatic carboxylic acids is 1. The van der Waals surface area contributed by atoms with Gasteiger partial charge in [0.15, 0.2) is 0 Å². The van der Waals surface area contributed by atoms with E-state index in [-0.39, 0.29) is 9.77 Å². The van der Waals surface area contributed by atoms with Crippen molar-refractivity contribution in [1.82, 2.24) is 4.31 Å². The number of carbonyl (C=O) groups is 1. The molecule has 0 spiro atoms. The van der Waals surface area contributed by atoms with Crippen LogP contribution in [-0.4, -0.2) is 36.9 Å². The first-order chi connectivity index (χ1) is 8.32. The second-order valence-electron chi connectivity index (χ2n) is 4.74. The van der Waals surface area contributed by atoms with Crippen molar-refractivity contribution in [1.29, 1.82) is 0 Å². The topological polar surface area (TPSA) is 74.7 Å². The quantitative estimate of drug-likeness (QED) is 0.919. The van der Waals surface area contributed by atoms with Crippen molar-refractivity contribution in [2.75, 3.05) is 13.1 Å². The van der Waals surface area contributed by atoms with Crippen LogP contribution in [0.5, 0.6) is 0 Å². The summed E-state index contributed by atoms with van der Waals surface area (Å²) < 4.78 is 26.2. The van der Waals surface area contributed by atoms with Crippen LogP contribution in [0, 0.1) is 11.8 Å². The molecule has 2 heterocycles. The van der Waals surface area contributed by atoms with Crippen LogP contribution in [0.2, 0.25) is 0 Å². The van der Waals surface area contributed by atoms with Gasteiger partial charge in [0, 0.05) is 18.5 Å². The lowest BCUT2D eigenvalue weighted by molar-refractivity contribution is 0.0697. The molecular formula is C11H15NO4S2. The average Bonchev–Trinajstić information content (AvgIpc) is 2.87. The molecule has 7 heteroatoms. The zero-order chi connectivity index (χ0) is 13.5. The number of carboxylic acid groups (broad SMARTS) is 1. The molecule has 5 nitrogen and oxygen atoms in total. The summed E-state index contributed by atoms with van der Waals surface area (Å²) >= 11 is 0.964. The van der Waals surface area contributed by atoms with E-state index in [2.05, 4.69) is 0 Å². The van der Waals surface area contributed by atoms with E-state index in [0.29, 0.717) is 24.9 Å². The Hall–Kier alpha value is -0.920. The Kier molecular flexibility index (Phi) is 3.48. The molecule has 0 radical (unpaired) electrons. The van der Waals surface area contributed by atoms with Crippen molar-refractivity contribution < 1.29 is 18.3 Å². The number of hydrogen-bond donors (Lipinski definition) is 1. The molecular weight excluding hydrogens is 274 g/mol. The Morgan fingerprint density at radius 1 is 1.39 bits per heavy atom. The monoisotopic (exact) mass is 289 g/mol. The summed E-state index contributed by atoms with van der Waals surface area (Å²) in [4.78, 5) is 10.8. The number of thiophene rings is 1. The Balaban J connectivity index is 2.28. The minimum absolute atomic E-state index is 0.0267.